The van der Waals surface area contributed by atoms with Gasteiger partial charge in [-0.1, -0.05) is 0 Å². The fourth-order valence-corrected chi connectivity index (χ4v) is 3.07. The number of fused-ring (bicyclic) bond motifs is 5. The summed E-state index contributed by atoms with van der Waals surface area (Å²) < 4.78 is 10.6. The molecule has 3 aliphatic heterocycles. The maximum absolute atomic E-state index is 11.8. The molecule has 3 saturated heterocycles. The van der Waals surface area contributed by atoms with Crippen molar-refractivity contribution in [3.05, 3.63) is 0 Å². The quantitative estimate of drug-likeness (QED) is 0.618. The molecule has 3 aliphatic rings. The Morgan fingerprint density at radius 1 is 1.50 bits per heavy atom. The molecule has 2 bridgehead atoms. The number of rotatable bonds is 1. The summed E-state index contributed by atoms with van der Waals surface area (Å²) in [5.41, 5.74) is 0. The van der Waals surface area contributed by atoms with Crippen LogP contribution in [0.2, 0.25) is 0 Å². The molecule has 0 aliphatic carbocycles. The molecule has 0 radical (unpaired) electrons. The minimum atomic E-state index is -0.246. The van der Waals surface area contributed by atoms with Crippen molar-refractivity contribution in [3.63, 3.8) is 0 Å². The number of amides is 1. The van der Waals surface area contributed by atoms with Gasteiger partial charge in [0.15, 0.2) is 0 Å². The third-order valence-electron chi connectivity index (χ3n) is 3.75. The van der Waals surface area contributed by atoms with E-state index in [4.69, 9.17) is 14.7 Å². The Hall–Kier alpha value is -1.28. The lowest BCUT2D eigenvalue weighted by molar-refractivity contribution is 0.0247. The maximum atomic E-state index is 11.8. The van der Waals surface area contributed by atoms with Crippen LogP contribution in [-0.4, -0.2) is 41.9 Å². The predicted molar refractivity (Wildman–Crippen MR) is 53.4 cm³/mol. The number of epoxide rings is 1. The number of hydrogen-bond acceptors (Lipinski definition) is 4. The minimum Gasteiger partial charge on any atom is -0.450 e. The smallest absolute Gasteiger partial charge is 0.410 e. The highest BCUT2D eigenvalue weighted by atomic mass is 16.6. The second-order valence-electron chi connectivity index (χ2n) is 4.60. The predicted octanol–water partition coefficient (Wildman–Crippen LogP) is 0.897. The molecule has 3 fully saturated rings. The molecule has 0 aromatic carbocycles. The molecule has 86 valence electrons. The number of carbonyl (C=O) groups is 1. The van der Waals surface area contributed by atoms with Gasteiger partial charge in [0.2, 0.25) is 0 Å². The van der Waals surface area contributed by atoms with Crippen molar-refractivity contribution < 1.29 is 14.3 Å². The van der Waals surface area contributed by atoms with Crippen LogP contribution >= 0.6 is 0 Å². The van der Waals surface area contributed by atoms with Crippen LogP contribution in [-0.2, 0) is 9.47 Å². The number of nitriles is 1. The van der Waals surface area contributed by atoms with Crippen LogP contribution in [0.25, 0.3) is 0 Å². The number of ether oxygens (including phenoxy) is 2. The lowest BCUT2D eigenvalue weighted by Crippen LogP contribution is -2.50. The summed E-state index contributed by atoms with van der Waals surface area (Å²) in [5, 5.41) is 8.96. The van der Waals surface area contributed by atoms with Crippen LogP contribution < -0.4 is 0 Å². The molecular weight excluding hydrogens is 208 g/mol. The highest BCUT2D eigenvalue weighted by Crippen LogP contribution is 2.49. The Bertz CT molecular complexity index is 347. The van der Waals surface area contributed by atoms with Crippen LogP contribution in [0, 0.1) is 17.2 Å². The molecule has 1 unspecified atom stereocenters. The Kier molecular flexibility index (Phi) is 2.08. The third kappa shape index (κ3) is 1.23. The molecule has 5 heteroatoms. The lowest BCUT2D eigenvalue weighted by Gasteiger charge is -2.37. The number of morpholine rings is 1. The molecule has 3 heterocycles. The Labute approximate surface area is 93.9 Å². The van der Waals surface area contributed by atoms with E-state index in [2.05, 4.69) is 6.07 Å². The summed E-state index contributed by atoms with van der Waals surface area (Å²) in [6.07, 6.45) is 1.53. The van der Waals surface area contributed by atoms with E-state index in [9.17, 15) is 4.79 Å². The van der Waals surface area contributed by atoms with E-state index in [1.165, 1.54) is 0 Å². The highest BCUT2D eigenvalue weighted by molar-refractivity contribution is 5.70. The minimum absolute atomic E-state index is 0.0625. The maximum Gasteiger partial charge on any atom is 0.410 e. The molecular formula is C11H14N2O3. The van der Waals surface area contributed by atoms with Crippen molar-refractivity contribution >= 4 is 6.09 Å². The van der Waals surface area contributed by atoms with E-state index < -0.39 is 0 Å². The lowest BCUT2D eigenvalue weighted by atomic mass is 9.91. The summed E-state index contributed by atoms with van der Waals surface area (Å²) in [5.74, 6) is 0.0667. The van der Waals surface area contributed by atoms with Crippen molar-refractivity contribution in [3.8, 4) is 6.07 Å². The first kappa shape index (κ1) is 9.91. The van der Waals surface area contributed by atoms with E-state index in [1.807, 2.05) is 0 Å². The molecule has 5 atom stereocenters. The number of hydrogen-bond donors (Lipinski definition) is 0. The summed E-state index contributed by atoms with van der Waals surface area (Å²) in [6, 6.07) is 2.43. The second-order valence-corrected chi connectivity index (χ2v) is 4.60. The van der Waals surface area contributed by atoms with E-state index in [0.29, 0.717) is 6.61 Å². The van der Waals surface area contributed by atoms with Gasteiger partial charge >= 0.3 is 6.09 Å². The molecule has 0 spiro atoms. The molecule has 0 aromatic rings. The van der Waals surface area contributed by atoms with Gasteiger partial charge < -0.3 is 9.47 Å². The average molecular weight is 222 g/mol. The average Bonchev–Trinajstić information content (AvgIpc) is 3.03. The molecule has 0 N–H and O–H groups in total. The van der Waals surface area contributed by atoms with Gasteiger partial charge in [0, 0.05) is 0 Å². The molecule has 1 amide bonds. The Morgan fingerprint density at radius 3 is 2.62 bits per heavy atom. The summed E-state index contributed by atoms with van der Waals surface area (Å²) in [7, 11) is 0. The SMILES string of the molecule is CCOC(=O)N1[C@@H]2CC(C#N)C[C@H]1[C@@H]1O[C@@H]12. The standard InChI is InChI=1S/C11H14N2O3/c1-2-15-11(14)13-7-3-6(5-12)4-8(13)10-9(7)16-10/h6-10H,2-4H2,1H3/t6?,7-,8+,9-,10+. The normalized spacial score (nSPS) is 43.5. The molecule has 0 aromatic heterocycles. The van der Waals surface area contributed by atoms with Crippen molar-refractivity contribution in [2.24, 2.45) is 5.92 Å². The Balaban J connectivity index is 1.79. The van der Waals surface area contributed by atoms with Crippen LogP contribution in [0.3, 0.4) is 0 Å². The van der Waals surface area contributed by atoms with Crippen molar-refractivity contribution in [1.82, 2.24) is 4.90 Å². The van der Waals surface area contributed by atoms with Crippen molar-refractivity contribution in [2.75, 3.05) is 6.61 Å². The monoisotopic (exact) mass is 222 g/mol. The summed E-state index contributed by atoms with van der Waals surface area (Å²) in [4.78, 5) is 13.6. The molecule has 16 heavy (non-hydrogen) atoms. The first-order chi connectivity index (χ1) is 7.76. The Morgan fingerprint density at radius 2 is 2.12 bits per heavy atom. The second kappa shape index (κ2) is 3.36. The van der Waals surface area contributed by atoms with E-state index in [1.54, 1.807) is 11.8 Å². The van der Waals surface area contributed by atoms with Gasteiger partial charge in [-0.05, 0) is 19.8 Å². The number of nitrogens with zero attached hydrogens (tertiary/aromatic N) is 2. The zero-order valence-electron chi connectivity index (χ0n) is 9.13. The van der Waals surface area contributed by atoms with Crippen molar-refractivity contribution in [2.45, 2.75) is 44.1 Å². The van der Waals surface area contributed by atoms with Gasteiger partial charge in [0.25, 0.3) is 0 Å². The van der Waals surface area contributed by atoms with Crippen LogP contribution in [0.15, 0.2) is 0 Å². The van der Waals surface area contributed by atoms with Gasteiger partial charge in [0.1, 0.15) is 12.2 Å². The van der Waals surface area contributed by atoms with Crippen LogP contribution in [0.1, 0.15) is 19.8 Å². The summed E-state index contributed by atoms with van der Waals surface area (Å²) in [6.45, 7) is 2.20. The first-order valence-electron chi connectivity index (χ1n) is 5.76. The van der Waals surface area contributed by atoms with E-state index in [-0.39, 0.29) is 36.3 Å². The van der Waals surface area contributed by atoms with Crippen LogP contribution in [0.4, 0.5) is 4.79 Å². The van der Waals surface area contributed by atoms with Gasteiger partial charge in [-0.15, -0.1) is 0 Å². The van der Waals surface area contributed by atoms with Gasteiger partial charge in [-0.2, -0.15) is 5.26 Å². The first-order valence-corrected chi connectivity index (χ1v) is 5.76. The van der Waals surface area contributed by atoms with Gasteiger partial charge in [-0.3, -0.25) is 4.90 Å². The van der Waals surface area contributed by atoms with E-state index >= 15 is 0 Å². The summed E-state index contributed by atoms with van der Waals surface area (Å²) >= 11 is 0. The van der Waals surface area contributed by atoms with Gasteiger partial charge in [0.05, 0.1) is 30.7 Å². The highest BCUT2D eigenvalue weighted by Gasteiger charge is 2.65. The largest absolute Gasteiger partial charge is 0.450 e. The molecule has 0 saturated carbocycles. The number of carbonyl (C=O) groups excluding carboxylic acids is 1. The van der Waals surface area contributed by atoms with E-state index in [0.717, 1.165) is 12.8 Å². The molecule has 3 rings (SSSR count). The number of piperidine rings is 1. The third-order valence-corrected chi connectivity index (χ3v) is 3.75. The van der Waals surface area contributed by atoms with Gasteiger partial charge in [-0.25, -0.2) is 4.79 Å². The topological polar surface area (TPSA) is 65.9 Å². The zero-order chi connectivity index (χ0) is 11.3. The van der Waals surface area contributed by atoms with Crippen molar-refractivity contribution in [1.29, 1.82) is 5.26 Å². The zero-order valence-corrected chi connectivity index (χ0v) is 9.13. The van der Waals surface area contributed by atoms with Crippen LogP contribution in [0.5, 0.6) is 0 Å². The fourth-order valence-electron chi connectivity index (χ4n) is 3.07. The molecule has 5 nitrogen and oxygen atoms in total. The fraction of sp³-hybridized carbons (Fsp3) is 0.818.